The Kier molecular flexibility index (Phi) is 4.03. The van der Waals surface area contributed by atoms with E-state index in [1.807, 2.05) is 0 Å². The number of hydrogen-bond donors (Lipinski definition) is 1. The molecule has 0 amide bonds. The molecule has 0 radical (unpaired) electrons. The molecule has 1 nitrogen and oxygen atoms in total. The molecule has 1 aromatic rings. The average molecular weight is 241 g/mol. The Morgan fingerprint density at radius 1 is 1.11 bits per heavy atom. The standard InChI is InChI=1S/C17H23N/c1-14(2)16(13-18)17(11-7-4-8-12-17)15-9-5-3-6-10-15/h3,5-12,14,16H,4,13,18H2,1-2H3. The van der Waals surface area contributed by atoms with Crippen molar-refractivity contribution in [2.45, 2.75) is 25.7 Å². The van der Waals surface area contributed by atoms with Crippen LogP contribution >= 0.6 is 0 Å². The Hall–Kier alpha value is -1.34. The second-order valence-electron chi connectivity index (χ2n) is 5.43. The molecule has 0 bridgehead atoms. The number of nitrogens with two attached hydrogens (primary N) is 1. The topological polar surface area (TPSA) is 26.0 Å². The highest BCUT2D eigenvalue weighted by Gasteiger charge is 2.37. The van der Waals surface area contributed by atoms with Crippen LogP contribution in [0.3, 0.4) is 0 Å². The van der Waals surface area contributed by atoms with Crippen LogP contribution in [-0.4, -0.2) is 6.54 Å². The molecule has 1 aliphatic carbocycles. The van der Waals surface area contributed by atoms with Crippen molar-refractivity contribution in [3.63, 3.8) is 0 Å². The van der Waals surface area contributed by atoms with E-state index in [9.17, 15) is 0 Å². The Morgan fingerprint density at radius 3 is 2.22 bits per heavy atom. The van der Waals surface area contributed by atoms with Gasteiger partial charge in [0, 0.05) is 5.41 Å². The summed E-state index contributed by atoms with van der Waals surface area (Å²) in [5.74, 6) is 0.996. The number of allylic oxidation sites excluding steroid dienone is 4. The zero-order valence-corrected chi connectivity index (χ0v) is 11.3. The second kappa shape index (κ2) is 5.53. The Bertz CT molecular complexity index is 416. The van der Waals surface area contributed by atoms with E-state index in [4.69, 9.17) is 5.73 Å². The first kappa shape index (κ1) is 13.1. The summed E-state index contributed by atoms with van der Waals surface area (Å²) in [4.78, 5) is 0. The van der Waals surface area contributed by atoms with E-state index >= 15 is 0 Å². The number of benzene rings is 1. The van der Waals surface area contributed by atoms with Gasteiger partial charge in [0.2, 0.25) is 0 Å². The van der Waals surface area contributed by atoms with Gasteiger partial charge in [-0.25, -0.2) is 0 Å². The van der Waals surface area contributed by atoms with Crippen molar-refractivity contribution in [2.75, 3.05) is 6.54 Å². The van der Waals surface area contributed by atoms with E-state index in [0.29, 0.717) is 18.4 Å². The highest BCUT2D eigenvalue weighted by atomic mass is 14.6. The van der Waals surface area contributed by atoms with E-state index in [-0.39, 0.29) is 5.41 Å². The van der Waals surface area contributed by atoms with Crippen molar-refractivity contribution in [3.8, 4) is 0 Å². The van der Waals surface area contributed by atoms with Crippen molar-refractivity contribution in [2.24, 2.45) is 17.6 Å². The van der Waals surface area contributed by atoms with Crippen LogP contribution in [0.5, 0.6) is 0 Å². The molecular weight excluding hydrogens is 218 g/mol. The van der Waals surface area contributed by atoms with Gasteiger partial charge in [-0.3, -0.25) is 0 Å². The summed E-state index contributed by atoms with van der Waals surface area (Å²) in [5, 5.41) is 0. The van der Waals surface area contributed by atoms with Crippen LogP contribution in [0.25, 0.3) is 0 Å². The molecular formula is C17H23N. The zero-order valence-electron chi connectivity index (χ0n) is 11.3. The Labute approximate surface area is 110 Å². The third-order valence-corrected chi connectivity index (χ3v) is 4.01. The molecule has 2 N–H and O–H groups in total. The molecule has 1 unspecified atom stereocenters. The largest absolute Gasteiger partial charge is 0.330 e. The van der Waals surface area contributed by atoms with E-state index < -0.39 is 0 Å². The van der Waals surface area contributed by atoms with Crippen molar-refractivity contribution < 1.29 is 0 Å². The maximum Gasteiger partial charge on any atom is 0.0355 e. The fourth-order valence-electron chi connectivity index (χ4n) is 3.06. The summed E-state index contributed by atoms with van der Waals surface area (Å²) in [6.45, 7) is 5.23. The first-order valence-electron chi connectivity index (χ1n) is 6.81. The molecule has 0 heterocycles. The lowest BCUT2D eigenvalue weighted by molar-refractivity contribution is 0.301. The van der Waals surface area contributed by atoms with Crippen molar-refractivity contribution in [1.82, 2.24) is 0 Å². The number of rotatable bonds is 4. The van der Waals surface area contributed by atoms with Gasteiger partial charge in [-0.1, -0.05) is 68.5 Å². The summed E-state index contributed by atoms with van der Waals surface area (Å²) in [6, 6.07) is 10.7. The quantitative estimate of drug-likeness (QED) is 0.800. The van der Waals surface area contributed by atoms with Crippen molar-refractivity contribution in [3.05, 3.63) is 60.2 Å². The molecule has 0 aromatic heterocycles. The summed E-state index contributed by atoms with van der Waals surface area (Å²) in [7, 11) is 0. The molecule has 0 spiro atoms. The lowest BCUT2D eigenvalue weighted by atomic mass is 9.64. The fourth-order valence-corrected chi connectivity index (χ4v) is 3.06. The fraction of sp³-hybridized carbons (Fsp3) is 0.412. The minimum absolute atomic E-state index is 0.0254. The van der Waals surface area contributed by atoms with Crippen LogP contribution in [0.2, 0.25) is 0 Å². The smallest absolute Gasteiger partial charge is 0.0355 e. The molecule has 18 heavy (non-hydrogen) atoms. The van der Waals surface area contributed by atoms with Crippen molar-refractivity contribution >= 4 is 0 Å². The highest BCUT2D eigenvalue weighted by molar-refractivity contribution is 5.40. The summed E-state index contributed by atoms with van der Waals surface area (Å²) >= 11 is 0. The summed E-state index contributed by atoms with van der Waals surface area (Å²) in [6.07, 6.45) is 10.2. The number of hydrogen-bond acceptors (Lipinski definition) is 1. The minimum atomic E-state index is -0.0254. The van der Waals surface area contributed by atoms with Gasteiger partial charge >= 0.3 is 0 Å². The van der Waals surface area contributed by atoms with Crippen molar-refractivity contribution in [1.29, 1.82) is 0 Å². The van der Waals surface area contributed by atoms with E-state index in [2.05, 4.69) is 68.5 Å². The average Bonchev–Trinajstić information content (AvgIpc) is 2.41. The van der Waals surface area contributed by atoms with Crippen LogP contribution in [0.4, 0.5) is 0 Å². The first-order chi connectivity index (χ1) is 8.70. The highest BCUT2D eigenvalue weighted by Crippen LogP contribution is 2.40. The van der Waals surface area contributed by atoms with Gasteiger partial charge in [0.1, 0.15) is 0 Å². The predicted octanol–water partition coefficient (Wildman–Crippen LogP) is 3.67. The molecule has 1 aromatic carbocycles. The van der Waals surface area contributed by atoms with E-state index in [0.717, 1.165) is 6.42 Å². The van der Waals surface area contributed by atoms with E-state index in [1.165, 1.54) is 5.56 Å². The third-order valence-electron chi connectivity index (χ3n) is 4.01. The van der Waals surface area contributed by atoms with Gasteiger partial charge in [-0.05, 0) is 30.4 Å². The molecule has 0 fully saturated rings. The zero-order chi connectivity index (χ0) is 13.0. The lowest BCUT2D eigenvalue weighted by Gasteiger charge is -2.40. The molecule has 96 valence electrons. The Morgan fingerprint density at radius 2 is 1.72 bits per heavy atom. The van der Waals surface area contributed by atoms with Gasteiger partial charge < -0.3 is 5.73 Å². The summed E-state index contributed by atoms with van der Waals surface area (Å²) in [5.41, 5.74) is 7.38. The van der Waals surface area contributed by atoms with Crippen LogP contribution in [0.15, 0.2) is 54.6 Å². The maximum absolute atomic E-state index is 6.06. The Balaban J connectivity index is 2.51. The monoisotopic (exact) mass is 241 g/mol. The first-order valence-corrected chi connectivity index (χ1v) is 6.81. The van der Waals surface area contributed by atoms with Gasteiger partial charge in [-0.2, -0.15) is 0 Å². The van der Waals surface area contributed by atoms with E-state index in [1.54, 1.807) is 0 Å². The third kappa shape index (κ3) is 2.28. The molecule has 0 saturated heterocycles. The SMILES string of the molecule is CC(C)C(CN)C1(c2ccccc2)C=CCC=C1. The molecule has 1 atom stereocenters. The summed E-state index contributed by atoms with van der Waals surface area (Å²) < 4.78 is 0. The molecule has 1 heteroatoms. The molecule has 2 rings (SSSR count). The van der Waals surface area contributed by atoms with Gasteiger partial charge in [0.15, 0.2) is 0 Å². The molecule has 1 aliphatic rings. The van der Waals surface area contributed by atoms with Crippen LogP contribution in [-0.2, 0) is 5.41 Å². The normalized spacial score (nSPS) is 19.1. The lowest BCUT2D eigenvalue weighted by Crippen LogP contribution is -2.40. The maximum atomic E-state index is 6.06. The molecule has 0 aliphatic heterocycles. The van der Waals surface area contributed by atoms with Gasteiger partial charge in [0.25, 0.3) is 0 Å². The van der Waals surface area contributed by atoms with Crippen LogP contribution < -0.4 is 5.73 Å². The predicted molar refractivity (Wildman–Crippen MR) is 78.4 cm³/mol. The van der Waals surface area contributed by atoms with Crippen LogP contribution in [0.1, 0.15) is 25.8 Å². The second-order valence-corrected chi connectivity index (χ2v) is 5.43. The van der Waals surface area contributed by atoms with Gasteiger partial charge in [0.05, 0.1) is 0 Å². The molecule has 0 saturated carbocycles. The van der Waals surface area contributed by atoms with Gasteiger partial charge in [-0.15, -0.1) is 0 Å². The van der Waals surface area contributed by atoms with Crippen LogP contribution in [0, 0.1) is 11.8 Å². The minimum Gasteiger partial charge on any atom is -0.330 e.